The van der Waals surface area contributed by atoms with Gasteiger partial charge >= 0.3 is 0 Å². The molecule has 0 aromatic carbocycles. The zero-order chi connectivity index (χ0) is 14.1. The molecule has 2 unspecified atom stereocenters. The lowest BCUT2D eigenvalue weighted by molar-refractivity contribution is 0.157. The Kier molecular flexibility index (Phi) is 3.66. The Bertz CT molecular complexity index is 584. The number of aliphatic hydroxyl groups excluding tert-OH is 1. The number of aryl methyl sites for hydroxylation is 1. The van der Waals surface area contributed by atoms with Crippen molar-refractivity contribution in [2.24, 2.45) is 0 Å². The van der Waals surface area contributed by atoms with Crippen molar-refractivity contribution in [3.8, 4) is 0 Å². The maximum atomic E-state index is 10.0. The van der Waals surface area contributed by atoms with Crippen LogP contribution < -0.4 is 0 Å². The minimum Gasteiger partial charge on any atom is -0.388 e. The van der Waals surface area contributed by atoms with E-state index in [2.05, 4.69) is 48.2 Å². The molecule has 0 bridgehead atoms. The number of aromatic nitrogens is 3. The average Bonchev–Trinajstić information content (AvgIpc) is 3.05. The van der Waals surface area contributed by atoms with Gasteiger partial charge in [0.2, 0.25) is 0 Å². The Hall–Kier alpha value is -1.55. The first-order chi connectivity index (χ1) is 9.67. The SMILES string of the molecule is CCC(C)n1ccc(Cn2cc3c(c2)C(O)CCC3)n1. The van der Waals surface area contributed by atoms with Gasteiger partial charge in [0.15, 0.2) is 0 Å². The van der Waals surface area contributed by atoms with Gasteiger partial charge in [0.05, 0.1) is 18.3 Å². The van der Waals surface area contributed by atoms with Crippen molar-refractivity contribution < 1.29 is 5.11 Å². The first kappa shape index (κ1) is 13.4. The molecule has 4 nitrogen and oxygen atoms in total. The molecule has 0 aliphatic heterocycles. The highest BCUT2D eigenvalue weighted by Crippen LogP contribution is 2.30. The Morgan fingerprint density at radius 2 is 2.30 bits per heavy atom. The molecule has 1 aliphatic rings. The van der Waals surface area contributed by atoms with E-state index >= 15 is 0 Å². The summed E-state index contributed by atoms with van der Waals surface area (Å²) in [6.45, 7) is 5.14. The minimum atomic E-state index is -0.280. The summed E-state index contributed by atoms with van der Waals surface area (Å²) in [4.78, 5) is 0. The van der Waals surface area contributed by atoms with Crippen molar-refractivity contribution in [2.45, 2.75) is 58.2 Å². The number of nitrogens with zero attached hydrogens (tertiary/aromatic N) is 3. The topological polar surface area (TPSA) is 43.0 Å². The number of hydrogen-bond donors (Lipinski definition) is 1. The molecule has 1 N–H and O–H groups in total. The molecular weight excluding hydrogens is 250 g/mol. The Balaban J connectivity index is 1.76. The summed E-state index contributed by atoms with van der Waals surface area (Å²) in [5.41, 5.74) is 3.48. The molecule has 0 saturated heterocycles. The van der Waals surface area contributed by atoms with Crippen LogP contribution >= 0.6 is 0 Å². The van der Waals surface area contributed by atoms with E-state index in [1.165, 1.54) is 5.56 Å². The molecule has 0 amide bonds. The highest BCUT2D eigenvalue weighted by Gasteiger charge is 2.20. The Labute approximate surface area is 120 Å². The fraction of sp³-hybridized carbons (Fsp3) is 0.562. The summed E-state index contributed by atoms with van der Waals surface area (Å²) < 4.78 is 4.19. The van der Waals surface area contributed by atoms with Crippen molar-refractivity contribution in [3.63, 3.8) is 0 Å². The monoisotopic (exact) mass is 273 g/mol. The molecule has 1 aliphatic carbocycles. The van der Waals surface area contributed by atoms with Crippen LogP contribution in [0.4, 0.5) is 0 Å². The lowest BCUT2D eigenvalue weighted by Crippen LogP contribution is -2.06. The highest BCUT2D eigenvalue weighted by atomic mass is 16.3. The van der Waals surface area contributed by atoms with Crippen molar-refractivity contribution in [2.75, 3.05) is 0 Å². The van der Waals surface area contributed by atoms with Crippen molar-refractivity contribution in [1.82, 2.24) is 14.3 Å². The molecule has 2 atom stereocenters. The first-order valence-corrected chi connectivity index (χ1v) is 7.58. The molecule has 20 heavy (non-hydrogen) atoms. The zero-order valence-corrected chi connectivity index (χ0v) is 12.3. The normalized spacial score (nSPS) is 19.9. The van der Waals surface area contributed by atoms with Crippen LogP contribution in [0.25, 0.3) is 0 Å². The average molecular weight is 273 g/mol. The van der Waals surface area contributed by atoms with Crippen molar-refractivity contribution in [1.29, 1.82) is 0 Å². The van der Waals surface area contributed by atoms with Crippen LogP contribution in [0, 0.1) is 0 Å². The Morgan fingerprint density at radius 3 is 3.05 bits per heavy atom. The first-order valence-electron chi connectivity index (χ1n) is 7.58. The maximum Gasteiger partial charge on any atom is 0.0821 e. The zero-order valence-electron chi connectivity index (χ0n) is 12.3. The number of fused-ring (bicyclic) bond motifs is 1. The third-order valence-corrected chi connectivity index (χ3v) is 4.33. The standard InChI is InChI=1S/C16H23N3O/c1-3-12(2)19-8-7-14(17-19)10-18-9-13-5-4-6-16(20)15(13)11-18/h7-9,11-12,16,20H,3-6,10H2,1-2H3. The predicted octanol–water partition coefficient (Wildman–Crippen LogP) is 3.07. The van der Waals surface area contributed by atoms with E-state index in [0.717, 1.165) is 43.5 Å². The van der Waals surface area contributed by atoms with E-state index in [1.54, 1.807) is 0 Å². The lowest BCUT2D eigenvalue weighted by atomic mass is 9.93. The summed E-state index contributed by atoms with van der Waals surface area (Å²) in [5.74, 6) is 0. The number of aliphatic hydroxyl groups is 1. The summed E-state index contributed by atoms with van der Waals surface area (Å²) in [7, 11) is 0. The van der Waals surface area contributed by atoms with Gasteiger partial charge in [-0.05, 0) is 44.2 Å². The third-order valence-electron chi connectivity index (χ3n) is 4.33. The summed E-state index contributed by atoms with van der Waals surface area (Å²) in [6.07, 6.45) is 10.2. The predicted molar refractivity (Wildman–Crippen MR) is 78.7 cm³/mol. The fourth-order valence-electron chi connectivity index (χ4n) is 2.90. The maximum absolute atomic E-state index is 10.0. The van der Waals surface area contributed by atoms with Crippen LogP contribution in [0.2, 0.25) is 0 Å². The summed E-state index contributed by atoms with van der Waals surface area (Å²) >= 11 is 0. The van der Waals surface area contributed by atoms with Crippen LogP contribution in [-0.4, -0.2) is 19.5 Å². The molecule has 3 rings (SSSR count). The summed E-state index contributed by atoms with van der Waals surface area (Å²) in [6, 6.07) is 2.53. The molecule has 2 aromatic rings. The van der Waals surface area contributed by atoms with Gasteiger partial charge in [-0.25, -0.2) is 0 Å². The van der Waals surface area contributed by atoms with Crippen LogP contribution in [0.3, 0.4) is 0 Å². The molecule has 2 heterocycles. The smallest absolute Gasteiger partial charge is 0.0821 e. The van der Waals surface area contributed by atoms with E-state index in [1.807, 2.05) is 4.68 Å². The Morgan fingerprint density at radius 1 is 1.45 bits per heavy atom. The van der Waals surface area contributed by atoms with E-state index in [0.29, 0.717) is 6.04 Å². The van der Waals surface area contributed by atoms with Gasteiger partial charge in [0.1, 0.15) is 0 Å². The van der Waals surface area contributed by atoms with Gasteiger partial charge in [-0.3, -0.25) is 4.68 Å². The van der Waals surface area contributed by atoms with E-state index in [9.17, 15) is 5.11 Å². The molecule has 108 valence electrons. The van der Waals surface area contributed by atoms with E-state index in [4.69, 9.17) is 0 Å². The van der Waals surface area contributed by atoms with Crippen LogP contribution in [0.15, 0.2) is 24.7 Å². The van der Waals surface area contributed by atoms with E-state index < -0.39 is 0 Å². The highest BCUT2D eigenvalue weighted by molar-refractivity contribution is 5.29. The van der Waals surface area contributed by atoms with Gasteiger partial charge < -0.3 is 9.67 Å². The van der Waals surface area contributed by atoms with Gasteiger partial charge in [-0.1, -0.05) is 6.92 Å². The quantitative estimate of drug-likeness (QED) is 0.930. The van der Waals surface area contributed by atoms with Gasteiger partial charge in [0, 0.05) is 30.2 Å². The molecule has 0 fully saturated rings. The van der Waals surface area contributed by atoms with Gasteiger partial charge in [0.25, 0.3) is 0 Å². The van der Waals surface area contributed by atoms with Gasteiger partial charge in [-0.2, -0.15) is 5.10 Å². The second kappa shape index (κ2) is 5.44. The molecule has 0 saturated carbocycles. The van der Waals surface area contributed by atoms with Crippen LogP contribution in [0.5, 0.6) is 0 Å². The van der Waals surface area contributed by atoms with Gasteiger partial charge in [-0.15, -0.1) is 0 Å². The van der Waals surface area contributed by atoms with E-state index in [-0.39, 0.29) is 6.10 Å². The van der Waals surface area contributed by atoms with Crippen LogP contribution in [0.1, 0.15) is 62.1 Å². The number of hydrogen-bond acceptors (Lipinski definition) is 2. The fourth-order valence-corrected chi connectivity index (χ4v) is 2.90. The van der Waals surface area contributed by atoms with Crippen LogP contribution in [-0.2, 0) is 13.0 Å². The molecule has 0 spiro atoms. The largest absolute Gasteiger partial charge is 0.388 e. The number of rotatable bonds is 4. The van der Waals surface area contributed by atoms with Crippen molar-refractivity contribution >= 4 is 0 Å². The molecular formula is C16H23N3O. The third kappa shape index (κ3) is 2.52. The molecule has 4 heteroatoms. The minimum absolute atomic E-state index is 0.280. The second-order valence-electron chi connectivity index (χ2n) is 5.86. The van der Waals surface area contributed by atoms with Crippen molar-refractivity contribution in [3.05, 3.63) is 41.5 Å². The molecule has 0 radical (unpaired) electrons. The second-order valence-corrected chi connectivity index (χ2v) is 5.86. The lowest BCUT2D eigenvalue weighted by Gasteiger charge is -2.16. The molecule has 2 aromatic heterocycles. The summed E-state index contributed by atoms with van der Waals surface area (Å²) in [5, 5.41) is 14.7.